The zero-order valence-electron chi connectivity index (χ0n) is 19.8. The summed E-state index contributed by atoms with van der Waals surface area (Å²) < 4.78 is 175. The quantitative estimate of drug-likeness (QED) is 0.241. The molecule has 0 saturated heterocycles. The van der Waals surface area contributed by atoms with Gasteiger partial charge in [-0.3, -0.25) is 4.79 Å². The molecule has 1 amide bonds. The number of benzene rings is 2. The van der Waals surface area contributed by atoms with Crippen molar-refractivity contribution in [3.63, 3.8) is 0 Å². The van der Waals surface area contributed by atoms with Crippen LogP contribution in [-0.4, -0.2) is 25.5 Å². The highest BCUT2D eigenvalue weighted by atomic mass is 19.4. The Morgan fingerprint density at radius 3 is 1.64 bits per heavy atom. The SMILES string of the molecule is O=C(Nc1ccc(-n2nc(C(F)(F)F)cc2C(F)(F)F)cc1-n1nc(C(F)(F)F)cc1C(F)(F)F)c1ccccc1F. The molecule has 6 nitrogen and oxygen atoms in total. The molecule has 42 heavy (non-hydrogen) atoms. The summed E-state index contributed by atoms with van der Waals surface area (Å²) >= 11 is 0. The van der Waals surface area contributed by atoms with Gasteiger partial charge in [-0.15, -0.1) is 0 Å². The van der Waals surface area contributed by atoms with E-state index in [1.807, 2.05) is 5.32 Å². The number of carbonyl (C=O) groups is 1. The molecule has 1 N–H and O–H groups in total. The Hall–Kier alpha value is -4.58. The lowest BCUT2D eigenvalue weighted by Crippen LogP contribution is -2.19. The van der Waals surface area contributed by atoms with Gasteiger partial charge in [-0.2, -0.15) is 62.9 Å². The van der Waals surface area contributed by atoms with Crippen LogP contribution >= 0.6 is 0 Å². The summed E-state index contributed by atoms with van der Waals surface area (Å²) in [6, 6.07) is 4.67. The van der Waals surface area contributed by atoms with Crippen LogP contribution in [0.1, 0.15) is 33.1 Å². The standard InChI is InChI=1S/C23H10F13N5O/c24-12-4-2-1-3-11(12)19(42)37-13-6-5-10(40-17(22(31,32)33)8-15(38-40)20(25,26)27)7-14(13)41-18(23(34,35)36)9-16(39-41)21(28,29)30/h1-9H,(H,37,42). The fraction of sp³-hybridized carbons (Fsp3) is 0.174. The van der Waals surface area contributed by atoms with Gasteiger partial charge in [-0.1, -0.05) is 12.1 Å². The molecule has 0 aliphatic heterocycles. The van der Waals surface area contributed by atoms with E-state index in [0.717, 1.165) is 12.1 Å². The number of nitrogens with zero attached hydrogens (tertiary/aromatic N) is 4. The van der Waals surface area contributed by atoms with Gasteiger partial charge in [-0.05, 0) is 30.3 Å². The van der Waals surface area contributed by atoms with E-state index in [9.17, 15) is 61.9 Å². The zero-order chi connectivity index (χ0) is 31.4. The highest BCUT2D eigenvalue weighted by Gasteiger charge is 2.44. The van der Waals surface area contributed by atoms with Crippen molar-refractivity contribution in [2.75, 3.05) is 5.32 Å². The van der Waals surface area contributed by atoms with Crippen LogP contribution in [0.5, 0.6) is 0 Å². The number of anilines is 1. The number of alkyl halides is 12. The van der Waals surface area contributed by atoms with E-state index < -0.39 is 98.6 Å². The minimum absolute atomic E-state index is 0.280. The first-order valence-corrected chi connectivity index (χ1v) is 10.9. The summed E-state index contributed by atoms with van der Waals surface area (Å²) in [7, 11) is 0. The van der Waals surface area contributed by atoms with Crippen LogP contribution < -0.4 is 5.32 Å². The first-order chi connectivity index (χ1) is 19.2. The van der Waals surface area contributed by atoms with Crippen LogP contribution in [0.3, 0.4) is 0 Å². The minimum atomic E-state index is -5.58. The molecular weight excluding hydrogens is 609 g/mol. The second-order valence-electron chi connectivity index (χ2n) is 8.28. The van der Waals surface area contributed by atoms with Gasteiger partial charge in [0.2, 0.25) is 0 Å². The van der Waals surface area contributed by atoms with Crippen molar-refractivity contribution in [1.82, 2.24) is 19.6 Å². The number of rotatable bonds is 4. The van der Waals surface area contributed by atoms with Gasteiger partial charge in [-0.25, -0.2) is 13.8 Å². The lowest BCUT2D eigenvalue weighted by atomic mass is 10.1. The molecule has 19 heteroatoms. The first kappa shape index (κ1) is 30.4. The Balaban J connectivity index is 2.00. The van der Waals surface area contributed by atoms with Crippen molar-refractivity contribution < 1.29 is 61.9 Å². The van der Waals surface area contributed by atoms with E-state index in [-0.39, 0.29) is 10.7 Å². The van der Waals surface area contributed by atoms with E-state index in [4.69, 9.17) is 0 Å². The second-order valence-corrected chi connectivity index (χ2v) is 8.28. The smallest absolute Gasteiger partial charge is 0.320 e. The van der Waals surface area contributed by atoms with E-state index in [2.05, 4.69) is 10.2 Å². The topological polar surface area (TPSA) is 64.7 Å². The van der Waals surface area contributed by atoms with Gasteiger partial charge < -0.3 is 5.32 Å². The summed E-state index contributed by atoms with van der Waals surface area (Å²) in [5, 5.41) is 7.59. The molecule has 4 aromatic rings. The van der Waals surface area contributed by atoms with Crippen LogP contribution in [0.15, 0.2) is 54.6 Å². The Kier molecular flexibility index (Phi) is 7.27. The second kappa shape index (κ2) is 10.1. The number of aromatic nitrogens is 4. The molecule has 0 aliphatic carbocycles. The molecule has 0 spiro atoms. The highest BCUT2D eigenvalue weighted by molar-refractivity contribution is 6.05. The van der Waals surface area contributed by atoms with Crippen LogP contribution in [0.25, 0.3) is 11.4 Å². The Labute approximate surface area is 224 Å². The van der Waals surface area contributed by atoms with E-state index in [1.165, 1.54) is 12.1 Å². The van der Waals surface area contributed by atoms with E-state index in [1.54, 1.807) is 0 Å². The molecular formula is C23H10F13N5O. The average molecular weight is 619 g/mol. The summed E-state index contributed by atoms with van der Waals surface area (Å²) in [5.41, 5.74) is -12.1. The van der Waals surface area contributed by atoms with E-state index in [0.29, 0.717) is 12.1 Å². The molecule has 0 radical (unpaired) electrons. The molecule has 224 valence electrons. The van der Waals surface area contributed by atoms with E-state index >= 15 is 0 Å². The molecule has 0 saturated carbocycles. The van der Waals surface area contributed by atoms with Crippen molar-refractivity contribution in [2.45, 2.75) is 24.7 Å². The van der Waals surface area contributed by atoms with Crippen molar-refractivity contribution in [3.05, 3.63) is 88.8 Å². The molecule has 2 aromatic carbocycles. The fourth-order valence-electron chi connectivity index (χ4n) is 3.59. The normalized spacial score (nSPS) is 13.0. The van der Waals surface area contributed by atoms with Crippen molar-refractivity contribution in [3.8, 4) is 11.4 Å². The number of amides is 1. The molecule has 2 heterocycles. The number of nitrogens with one attached hydrogen (secondary N) is 1. The minimum Gasteiger partial charge on any atom is -0.320 e. The maximum atomic E-state index is 14.1. The summed E-state index contributed by atoms with van der Waals surface area (Å²) in [6.07, 6.45) is -22.0. The number of hydrogen-bond donors (Lipinski definition) is 1. The Bertz CT molecular complexity index is 1640. The van der Waals surface area contributed by atoms with Gasteiger partial charge in [0.05, 0.1) is 22.6 Å². The third-order valence-corrected chi connectivity index (χ3v) is 5.40. The maximum absolute atomic E-state index is 14.1. The largest absolute Gasteiger partial charge is 0.435 e. The zero-order valence-corrected chi connectivity index (χ0v) is 19.8. The Morgan fingerprint density at radius 2 is 1.14 bits per heavy atom. The molecule has 0 unspecified atom stereocenters. The van der Waals surface area contributed by atoms with Crippen LogP contribution in [0.4, 0.5) is 62.8 Å². The third kappa shape index (κ3) is 6.03. The van der Waals surface area contributed by atoms with Gasteiger partial charge in [0.1, 0.15) is 17.2 Å². The number of hydrogen-bond acceptors (Lipinski definition) is 3. The lowest BCUT2D eigenvalue weighted by Gasteiger charge is -2.17. The fourth-order valence-corrected chi connectivity index (χ4v) is 3.59. The number of halogens is 13. The van der Waals surface area contributed by atoms with Crippen molar-refractivity contribution in [1.29, 1.82) is 0 Å². The molecule has 0 atom stereocenters. The number of carbonyl (C=O) groups excluding carboxylic acids is 1. The maximum Gasteiger partial charge on any atom is 0.435 e. The molecule has 2 aromatic heterocycles. The predicted molar refractivity (Wildman–Crippen MR) is 115 cm³/mol. The Morgan fingerprint density at radius 1 is 0.643 bits per heavy atom. The van der Waals surface area contributed by atoms with Gasteiger partial charge in [0.15, 0.2) is 11.4 Å². The van der Waals surface area contributed by atoms with Crippen LogP contribution in [0.2, 0.25) is 0 Å². The van der Waals surface area contributed by atoms with Crippen molar-refractivity contribution in [2.24, 2.45) is 0 Å². The monoisotopic (exact) mass is 619 g/mol. The summed E-state index contributed by atoms with van der Waals surface area (Å²) in [5.74, 6) is -2.48. The van der Waals surface area contributed by atoms with Crippen molar-refractivity contribution >= 4 is 11.6 Å². The van der Waals surface area contributed by atoms with Crippen LogP contribution in [-0.2, 0) is 24.7 Å². The average Bonchev–Trinajstić information content (AvgIpc) is 3.50. The molecule has 0 fully saturated rings. The molecule has 4 rings (SSSR count). The third-order valence-electron chi connectivity index (χ3n) is 5.40. The lowest BCUT2D eigenvalue weighted by molar-refractivity contribution is -0.145. The van der Waals surface area contributed by atoms with Gasteiger partial charge in [0.25, 0.3) is 5.91 Å². The van der Waals surface area contributed by atoms with Crippen LogP contribution in [0, 0.1) is 5.82 Å². The van der Waals surface area contributed by atoms with Gasteiger partial charge >= 0.3 is 24.7 Å². The summed E-state index contributed by atoms with van der Waals surface area (Å²) in [6.45, 7) is 0. The highest BCUT2D eigenvalue weighted by Crippen LogP contribution is 2.40. The first-order valence-electron chi connectivity index (χ1n) is 10.9. The summed E-state index contributed by atoms with van der Waals surface area (Å²) in [4.78, 5) is 12.6. The molecule has 0 aliphatic rings. The van der Waals surface area contributed by atoms with Gasteiger partial charge in [0, 0.05) is 12.1 Å². The molecule has 0 bridgehead atoms. The predicted octanol–water partition coefficient (Wildman–Crippen LogP) is 7.52.